The summed E-state index contributed by atoms with van der Waals surface area (Å²) < 4.78 is 33.4. The van der Waals surface area contributed by atoms with Gasteiger partial charge in [0.05, 0.1) is 28.9 Å². The SMILES string of the molecule is CCN(c1ccc(Br)cc1)S(=O)(=O)c1cccc(C(=O)Nc2ccccc2C(=O)OC)c1. The average molecular weight is 517 g/mol. The number of para-hydroxylation sites is 1. The molecule has 0 radical (unpaired) electrons. The standard InChI is InChI=1S/C23H21BrN2O5S/c1-3-26(18-13-11-17(24)12-14-18)32(29,30)19-8-6-7-16(15-19)22(27)25-21-10-5-4-9-20(21)23(28)31-2/h4-15H,3H2,1-2H3,(H,25,27). The van der Waals surface area contributed by atoms with Crippen LogP contribution in [0, 0.1) is 0 Å². The molecule has 32 heavy (non-hydrogen) atoms. The van der Waals surface area contributed by atoms with Crippen LogP contribution in [0.25, 0.3) is 0 Å². The Morgan fingerprint density at radius 2 is 1.69 bits per heavy atom. The number of benzene rings is 3. The van der Waals surface area contributed by atoms with Crippen molar-refractivity contribution in [1.82, 2.24) is 0 Å². The predicted octanol–water partition coefficient (Wildman–Crippen LogP) is 4.70. The van der Waals surface area contributed by atoms with E-state index >= 15 is 0 Å². The van der Waals surface area contributed by atoms with E-state index in [4.69, 9.17) is 4.74 Å². The van der Waals surface area contributed by atoms with Gasteiger partial charge < -0.3 is 10.1 Å². The zero-order valence-electron chi connectivity index (χ0n) is 17.4. The zero-order chi connectivity index (χ0) is 23.3. The van der Waals surface area contributed by atoms with E-state index in [2.05, 4.69) is 21.2 Å². The fraction of sp³-hybridized carbons (Fsp3) is 0.130. The van der Waals surface area contributed by atoms with Crippen molar-refractivity contribution in [3.63, 3.8) is 0 Å². The smallest absolute Gasteiger partial charge is 0.339 e. The summed E-state index contributed by atoms with van der Waals surface area (Å²) in [5.74, 6) is -1.14. The summed E-state index contributed by atoms with van der Waals surface area (Å²) in [6, 6.07) is 19.1. The number of carbonyl (C=O) groups is 2. The highest BCUT2D eigenvalue weighted by molar-refractivity contribution is 9.10. The molecule has 0 aliphatic carbocycles. The van der Waals surface area contributed by atoms with Crippen LogP contribution in [-0.4, -0.2) is 33.9 Å². The van der Waals surface area contributed by atoms with Gasteiger partial charge in [-0.2, -0.15) is 0 Å². The number of esters is 1. The summed E-state index contributed by atoms with van der Waals surface area (Å²) in [6.07, 6.45) is 0. The molecule has 0 fully saturated rings. The van der Waals surface area contributed by atoms with E-state index in [1.54, 1.807) is 49.4 Å². The van der Waals surface area contributed by atoms with E-state index in [9.17, 15) is 18.0 Å². The summed E-state index contributed by atoms with van der Waals surface area (Å²) in [5, 5.41) is 2.65. The molecule has 0 unspecified atom stereocenters. The van der Waals surface area contributed by atoms with Crippen molar-refractivity contribution in [3.8, 4) is 0 Å². The second-order valence-corrected chi connectivity index (χ2v) is 9.44. The van der Waals surface area contributed by atoms with Gasteiger partial charge in [0.15, 0.2) is 0 Å². The number of amides is 1. The maximum atomic E-state index is 13.3. The third-order valence-electron chi connectivity index (χ3n) is 4.67. The first-order valence-corrected chi connectivity index (χ1v) is 11.9. The molecule has 3 rings (SSSR count). The highest BCUT2D eigenvalue weighted by Gasteiger charge is 2.25. The fourth-order valence-corrected chi connectivity index (χ4v) is 4.88. The molecule has 1 amide bonds. The summed E-state index contributed by atoms with van der Waals surface area (Å²) in [7, 11) is -2.66. The first-order valence-electron chi connectivity index (χ1n) is 9.65. The number of ether oxygens (including phenoxy) is 1. The van der Waals surface area contributed by atoms with Crippen LogP contribution >= 0.6 is 15.9 Å². The summed E-state index contributed by atoms with van der Waals surface area (Å²) in [4.78, 5) is 24.7. The van der Waals surface area contributed by atoms with Crippen LogP contribution in [0.5, 0.6) is 0 Å². The molecular weight excluding hydrogens is 496 g/mol. The Hall–Kier alpha value is -3.17. The molecule has 0 aliphatic heterocycles. The lowest BCUT2D eigenvalue weighted by molar-refractivity contribution is 0.0602. The van der Waals surface area contributed by atoms with Crippen LogP contribution < -0.4 is 9.62 Å². The second kappa shape index (κ2) is 9.97. The maximum absolute atomic E-state index is 13.3. The Kier molecular flexibility index (Phi) is 7.32. The Labute approximate surface area is 195 Å². The lowest BCUT2D eigenvalue weighted by Gasteiger charge is -2.23. The zero-order valence-corrected chi connectivity index (χ0v) is 19.8. The summed E-state index contributed by atoms with van der Waals surface area (Å²) >= 11 is 3.34. The highest BCUT2D eigenvalue weighted by Crippen LogP contribution is 2.26. The molecule has 1 N–H and O–H groups in total. The van der Waals surface area contributed by atoms with Crippen LogP contribution in [0.15, 0.2) is 82.2 Å². The molecule has 0 saturated carbocycles. The van der Waals surface area contributed by atoms with Crippen LogP contribution in [0.4, 0.5) is 11.4 Å². The highest BCUT2D eigenvalue weighted by atomic mass is 79.9. The van der Waals surface area contributed by atoms with Crippen molar-refractivity contribution in [3.05, 3.63) is 88.4 Å². The number of methoxy groups -OCH3 is 1. The Balaban J connectivity index is 1.91. The van der Waals surface area contributed by atoms with Crippen LogP contribution in [-0.2, 0) is 14.8 Å². The molecular formula is C23H21BrN2O5S. The lowest BCUT2D eigenvalue weighted by atomic mass is 10.1. The van der Waals surface area contributed by atoms with Crippen molar-refractivity contribution >= 4 is 49.2 Å². The van der Waals surface area contributed by atoms with Gasteiger partial charge in [-0.25, -0.2) is 13.2 Å². The van der Waals surface area contributed by atoms with Crippen LogP contribution in [0.3, 0.4) is 0 Å². The number of anilines is 2. The minimum Gasteiger partial charge on any atom is -0.465 e. The lowest BCUT2D eigenvalue weighted by Crippen LogP contribution is -2.31. The van der Waals surface area contributed by atoms with Gasteiger partial charge in [-0.05, 0) is 61.5 Å². The quantitative estimate of drug-likeness (QED) is 0.459. The molecule has 0 bridgehead atoms. The van der Waals surface area contributed by atoms with Crippen LogP contribution in [0.1, 0.15) is 27.6 Å². The van der Waals surface area contributed by atoms with E-state index in [-0.39, 0.29) is 28.3 Å². The molecule has 0 aliphatic rings. The monoisotopic (exact) mass is 516 g/mol. The van der Waals surface area contributed by atoms with E-state index in [0.717, 1.165) is 4.47 Å². The van der Waals surface area contributed by atoms with Crippen molar-refractivity contribution in [2.24, 2.45) is 0 Å². The van der Waals surface area contributed by atoms with Gasteiger partial charge in [0.1, 0.15) is 0 Å². The normalized spacial score (nSPS) is 11.0. The van der Waals surface area contributed by atoms with Crippen molar-refractivity contribution in [2.45, 2.75) is 11.8 Å². The van der Waals surface area contributed by atoms with Gasteiger partial charge in [-0.15, -0.1) is 0 Å². The first kappa shape index (κ1) is 23.5. The number of rotatable bonds is 7. The molecule has 9 heteroatoms. The second-order valence-electron chi connectivity index (χ2n) is 6.67. The van der Waals surface area contributed by atoms with E-state index in [0.29, 0.717) is 5.69 Å². The molecule has 0 spiro atoms. The Morgan fingerprint density at radius 3 is 2.34 bits per heavy atom. The molecule has 0 heterocycles. The molecule has 0 aromatic heterocycles. The molecule has 0 saturated heterocycles. The van der Waals surface area contributed by atoms with Gasteiger partial charge in [0.2, 0.25) is 0 Å². The number of hydrogen-bond donors (Lipinski definition) is 1. The molecule has 7 nitrogen and oxygen atoms in total. The number of sulfonamides is 1. The van der Waals surface area contributed by atoms with Gasteiger partial charge in [-0.3, -0.25) is 9.10 Å². The largest absolute Gasteiger partial charge is 0.465 e. The number of nitrogens with one attached hydrogen (secondary N) is 1. The van der Waals surface area contributed by atoms with Crippen molar-refractivity contribution < 1.29 is 22.7 Å². The first-order chi connectivity index (χ1) is 15.3. The average Bonchev–Trinajstić information content (AvgIpc) is 2.80. The predicted molar refractivity (Wildman–Crippen MR) is 127 cm³/mol. The molecule has 0 atom stereocenters. The molecule has 166 valence electrons. The number of halogens is 1. The maximum Gasteiger partial charge on any atom is 0.339 e. The molecule has 3 aromatic rings. The fourth-order valence-electron chi connectivity index (χ4n) is 3.10. The number of carbonyl (C=O) groups excluding carboxylic acids is 2. The third kappa shape index (κ3) is 5.00. The van der Waals surface area contributed by atoms with Gasteiger partial charge in [0.25, 0.3) is 15.9 Å². The molecule has 3 aromatic carbocycles. The van der Waals surface area contributed by atoms with E-state index in [1.165, 1.54) is 41.7 Å². The van der Waals surface area contributed by atoms with E-state index < -0.39 is 21.9 Å². The topological polar surface area (TPSA) is 92.8 Å². The van der Waals surface area contributed by atoms with Gasteiger partial charge in [0, 0.05) is 16.6 Å². The summed E-state index contributed by atoms with van der Waals surface area (Å²) in [6.45, 7) is 1.95. The Morgan fingerprint density at radius 1 is 1.00 bits per heavy atom. The third-order valence-corrected chi connectivity index (χ3v) is 7.09. The van der Waals surface area contributed by atoms with Crippen molar-refractivity contribution in [2.75, 3.05) is 23.3 Å². The van der Waals surface area contributed by atoms with Gasteiger partial charge in [-0.1, -0.05) is 34.1 Å². The number of nitrogens with zero attached hydrogens (tertiary/aromatic N) is 1. The Bertz CT molecular complexity index is 1240. The summed E-state index contributed by atoms with van der Waals surface area (Å²) in [5.41, 5.74) is 1.11. The van der Waals surface area contributed by atoms with Crippen LogP contribution in [0.2, 0.25) is 0 Å². The number of hydrogen-bond acceptors (Lipinski definition) is 5. The van der Waals surface area contributed by atoms with Crippen molar-refractivity contribution in [1.29, 1.82) is 0 Å². The van der Waals surface area contributed by atoms with E-state index in [1.807, 2.05) is 0 Å². The minimum atomic E-state index is -3.91. The minimum absolute atomic E-state index is 0.0174. The van der Waals surface area contributed by atoms with Gasteiger partial charge >= 0.3 is 5.97 Å².